The predicted molar refractivity (Wildman–Crippen MR) is 88.0 cm³/mol. The lowest BCUT2D eigenvalue weighted by Gasteiger charge is -2.40. The van der Waals surface area contributed by atoms with Gasteiger partial charge in [0.2, 0.25) is 0 Å². The van der Waals surface area contributed by atoms with Crippen LogP contribution >= 0.6 is 0 Å². The second kappa shape index (κ2) is 7.39. The highest BCUT2D eigenvalue weighted by atomic mass is 16.5. The Balaban J connectivity index is 2.38. The first kappa shape index (κ1) is 16.5. The van der Waals surface area contributed by atoms with Crippen LogP contribution in [-0.2, 0) is 4.74 Å². The van der Waals surface area contributed by atoms with Crippen molar-refractivity contribution in [2.75, 3.05) is 6.61 Å². The van der Waals surface area contributed by atoms with Crippen molar-refractivity contribution < 1.29 is 4.74 Å². The Bertz CT molecular complexity index is 430. The number of aryl methyl sites for hydroxylation is 2. The van der Waals surface area contributed by atoms with Gasteiger partial charge >= 0.3 is 0 Å². The molecule has 1 aromatic carbocycles. The van der Waals surface area contributed by atoms with Crippen molar-refractivity contribution in [3.05, 3.63) is 34.9 Å². The molecule has 1 fully saturated rings. The van der Waals surface area contributed by atoms with Gasteiger partial charge in [-0.15, -0.1) is 0 Å². The molecule has 1 aliphatic rings. The molecular weight excluding hydrogens is 260 g/mol. The van der Waals surface area contributed by atoms with Gasteiger partial charge in [0.15, 0.2) is 0 Å². The van der Waals surface area contributed by atoms with Gasteiger partial charge in [0.1, 0.15) is 0 Å². The van der Waals surface area contributed by atoms with Crippen LogP contribution in [0.25, 0.3) is 0 Å². The zero-order valence-electron chi connectivity index (χ0n) is 13.7. The molecule has 0 saturated heterocycles. The largest absolute Gasteiger partial charge is 0.373 e. The summed E-state index contributed by atoms with van der Waals surface area (Å²) in [5.41, 5.74) is 6.73. The van der Waals surface area contributed by atoms with Crippen molar-refractivity contribution in [2.24, 2.45) is 5.84 Å². The van der Waals surface area contributed by atoms with Crippen molar-refractivity contribution in [3.63, 3.8) is 0 Å². The average molecular weight is 290 g/mol. The van der Waals surface area contributed by atoms with Gasteiger partial charge in [0.25, 0.3) is 0 Å². The molecule has 1 aromatic rings. The van der Waals surface area contributed by atoms with Crippen molar-refractivity contribution in [3.8, 4) is 0 Å². The molecule has 0 bridgehead atoms. The minimum absolute atomic E-state index is 0.0640. The molecule has 3 N–H and O–H groups in total. The third-order valence-corrected chi connectivity index (χ3v) is 4.65. The summed E-state index contributed by atoms with van der Waals surface area (Å²) in [7, 11) is 0. The minimum atomic E-state index is -0.166. The zero-order chi connectivity index (χ0) is 15.3. The lowest BCUT2D eigenvalue weighted by atomic mass is 9.81. The van der Waals surface area contributed by atoms with Gasteiger partial charge in [-0.2, -0.15) is 0 Å². The van der Waals surface area contributed by atoms with Crippen LogP contribution in [0.15, 0.2) is 18.2 Å². The zero-order valence-corrected chi connectivity index (χ0v) is 13.7. The highest BCUT2D eigenvalue weighted by Crippen LogP contribution is 2.40. The third-order valence-electron chi connectivity index (χ3n) is 4.65. The number of hydrogen-bond acceptors (Lipinski definition) is 3. The third kappa shape index (κ3) is 3.85. The van der Waals surface area contributed by atoms with E-state index in [0.717, 1.165) is 19.4 Å². The van der Waals surface area contributed by atoms with Gasteiger partial charge in [-0.3, -0.25) is 11.3 Å². The quantitative estimate of drug-likeness (QED) is 0.490. The Morgan fingerprint density at radius 1 is 1.10 bits per heavy atom. The van der Waals surface area contributed by atoms with Crippen molar-refractivity contribution in [1.29, 1.82) is 0 Å². The lowest BCUT2D eigenvalue weighted by Crippen LogP contribution is -2.48. The molecular formula is C18H30N2O. The van der Waals surface area contributed by atoms with E-state index in [-0.39, 0.29) is 11.6 Å². The Labute approximate surface area is 129 Å². The summed E-state index contributed by atoms with van der Waals surface area (Å²) >= 11 is 0. The molecule has 118 valence electrons. The first-order valence-corrected chi connectivity index (χ1v) is 8.29. The molecule has 0 radical (unpaired) electrons. The van der Waals surface area contributed by atoms with Crippen molar-refractivity contribution in [2.45, 2.75) is 70.9 Å². The molecule has 1 unspecified atom stereocenters. The summed E-state index contributed by atoms with van der Waals surface area (Å²) in [4.78, 5) is 0. The van der Waals surface area contributed by atoms with E-state index in [0.29, 0.717) is 0 Å². The monoisotopic (exact) mass is 290 g/mol. The lowest BCUT2D eigenvalue weighted by molar-refractivity contribution is -0.0783. The molecule has 0 spiro atoms. The maximum absolute atomic E-state index is 6.30. The Morgan fingerprint density at radius 2 is 1.67 bits per heavy atom. The number of hydrazine groups is 1. The van der Waals surface area contributed by atoms with Gasteiger partial charge in [-0.1, -0.05) is 55.0 Å². The topological polar surface area (TPSA) is 47.3 Å². The smallest absolute Gasteiger partial charge is 0.0889 e. The fourth-order valence-corrected chi connectivity index (χ4v) is 3.86. The van der Waals surface area contributed by atoms with Crippen LogP contribution in [0.3, 0.4) is 0 Å². The summed E-state index contributed by atoms with van der Waals surface area (Å²) in [6, 6.07) is 6.75. The number of benzene rings is 1. The molecule has 1 aliphatic carbocycles. The highest BCUT2D eigenvalue weighted by molar-refractivity contribution is 5.32. The summed E-state index contributed by atoms with van der Waals surface area (Å²) in [6.07, 6.45) is 7.23. The fourth-order valence-electron chi connectivity index (χ4n) is 3.86. The highest BCUT2D eigenvalue weighted by Gasteiger charge is 2.40. The minimum Gasteiger partial charge on any atom is -0.373 e. The van der Waals surface area contributed by atoms with E-state index in [4.69, 9.17) is 10.6 Å². The molecule has 0 amide bonds. The second-order valence-electron chi connectivity index (χ2n) is 6.43. The van der Waals surface area contributed by atoms with E-state index in [9.17, 15) is 0 Å². The Kier molecular flexibility index (Phi) is 5.80. The molecule has 0 aromatic heterocycles. The molecule has 3 nitrogen and oxygen atoms in total. The van der Waals surface area contributed by atoms with E-state index >= 15 is 0 Å². The number of hydrogen-bond donors (Lipinski definition) is 2. The van der Waals surface area contributed by atoms with E-state index < -0.39 is 0 Å². The van der Waals surface area contributed by atoms with Crippen molar-refractivity contribution >= 4 is 0 Å². The van der Waals surface area contributed by atoms with E-state index in [1.165, 1.54) is 42.4 Å². The number of rotatable bonds is 5. The predicted octanol–water partition coefficient (Wildman–Crippen LogP) is 3.94. The van der Waals surface area contributed by atoms with Gasteiger partial charge in [0, 0.05) is 6.61 Å². The summed E-state index contributed by atoms with van der Waals surface area (Å²) in [6.45, 7) is 7.11. The standard InChI is InChI=1S/C18H30N2O/c1-4-21-18(9-7-5-6-8-10-18)17(20-19)16-12-14(2)11-15(3)13-16/h11-13,17,20H,4-10,19H2,1-3H3. The SMILES string of the molecule is CCOC1(C(NN)c2cc(C)cc(C)c2)CCCCCC1. The van der Waals surface area contributed by atoms with Crippen LogP contribution in [0.5, 0.6) is 0 Å². The molecule has 2 rings (SSSR count). The van der Waals surface area contributed by atoms with Crippen LogP contribution < -0.4 is 11.3 Å². The van der Waals surface area contributed by atoms with E-state index in [1.54, 1.807) is 0 Å². The van der Waals surface area contributed by atoms with Gasteiger partial charge < -0.3 is 4.74 Å². The van der Waals surface area contributed by atoms with E-state index in [1.807, 2.05) is 0 Å². The number of nitrogens with two attached hydrogens (primary N) is 1. The molecule has 1 saturated carbocycles. The number of ether oxygens (including phenoxy) is 1. The number of nitrogens with one attached hydrogen (secondary N) is 1. The first-order chi connectivity index (χ1) is 10.1. The summed E-state index contributed by atoms with van der Waals surface area (Å²) in [5, 5.41) is 0. The summed E-state index contributed by atoms with van der Waals surface area (Å²) in [5.74, 6) is 5.97. The maximum atomic E-state index is 6.30. The molecule has 0 aliphatic heterocycles. The van der Waals surface area contributed by atoms with Crippen LogP contribution in [0.1, 0.15) is 68.2 Å². The first-order valence-electron chi connectivity index (χ1n) is 8.29. The van der Waals surface area contributed by atoms with Gasteiger partial charge in [-0.25, -0.2) is 0 Å². The molecule has 0 heterocycles. The fraction of sp³-hybridized carbons (Fsp3) is 0.667. The van der Waals surface area contributed by atoms with Crippen LogP contribution in [0.4, 0.5) is 0 Å². The second-order valence-corrected chi connectivity index (χ2v) is 6.43. The normalized spacial score (nSPS) is 20.0. The van der Waals surface area contributed by atoms with E-state index in [2.05, 4.69) is 44.4 Å². The molecule has 3 heteroatoms. The van der Waals surface area contributed by atoms with Gasteiger partial charge in [0.05, 0.1) is 11.6 Å². The summed E-state index contributed by atoms with van der Waals surface area (Å²) < 4.78 is 6.30. The average Bonchev–Trinajstić information content (AvgIpc) is 2.65. The van der Waals surface area contributed by atoms with Crippen LogP contribution in [0.2, 0.25) is 0 Å². The van der Waals surface area contributed by atoms with Crippen LogP contribution in [-0.4, -0.2) is 12.2 Å². The van der Waals surface area contributed by atoms with Gasteiger partial charge in [-0.05, 0) is 39.2 Å². The maximum Gasteiger partial charge on any atom is 0.0889 e. The Hall–Kier alpha value is -0.900. The van der Waals surface area contributed by atoms with Crippen molar-refractivity contribution in [1.82, 2.24) is 5.43 Å². The molecule has 1 atom stereocenters. The Morgan fingerprint density at radius 3 is 2.14 bits per heavy atom. The van der Waals surface area contributed by atoms with Crippen LogP contribution in [0, 0.1) is 13.8 Å². The molecule has 21 heavy (non-hydrogen) atoms.